The van der Waals surface area contributed by atoms with Crippen molar-refractivity contribution in [2.75, 3.05) is 18.4 Å². The molecule has 0 radical (unpaired) electrons. The first-order chi connectivity index (χ1) is 14.9. The highest BCUT2D eigenvalue weighted by molar-refractivity contribution is 7.88. The molecule has 2 amide bonds. The number of nitrogens with zero attached hydrogens (tertiary/aromatic N) is 1. The van der Waals surface area contributed by atoms with E-state index in [-0.39, 0.29) is 36.6 Å². The Morgan fingerprint density at radius 1 is 1.06 bits per heavy atom. The summed E-state index contributed by atoms with van der Waals surface area (Å²) in [5.74, 6) is -0.561. The van der Waals surface area contributed by atoms with Crippen molar-refractivity contribution in [1.82, 2.24) is 9.62 Å². The molecule has 2 aromatic carbocycles. The Morgan fingerprint density at radius 2 is 1.77 bits per heavy atom. The summed E-state index contributed by atoms with van der Waals surface area (Å²) in [4.78, 5) is 23.7. The fourth-order valence-corrected chi connectivity index (χ4v) is 5.16. The van der Waals surface area contributed by atoms with Crippen LogP contribution in [0.4, 0.5) is 5.69 Å². The molecule has 164 valence electrons. The van der Waals surface area contributed by atoms with E-state index in [0.29, 0.717) is 24.2 Å². The van der Waals surface area contributed by atoms with Gasteiger partial charge in [-0.2, -0.15) is 4.31 Å². The lowest BCUT2D eigenvalue weighted by atomic mass is 10.1. The van der Waals surface area contributed by atoms with Gasteiger partial charge in [-0.15, -0.1) is 0 Å². The number of carbonyl (C=O) groups is 2. The Bertz CT molecular complexity index is 1020. The van der Waals surface area contributed by atoms with Crippen molar-refractivity contribution in [3.8, 4) is 0 Å². The molecule has 8 heteroatoms. The minimum atomic E-state index is -3.52. The van der Waals surface area contributed by atoms with E-state index in [1.807, 2.05) is 30.3 Å². The summed E-state index contributed by atoms with van der Waals surface area (Å²) in [7, 11) is -3.52. The number of sulfonamides is 1. The summed E-state index contributed by atoms with van der Waals surface area (Å²) in [5.41, 5.74) is 2.18. The maximum Gasteiger partial charge on any atom is 0.243 e. The van der Waals surface area contributed by atoms with E-state index in [0.717, 1.165) is 12.0 Å². The molecule has 1 aliphatic heterocycles. The minimum Gasteiger partial charge on any atom is -0.349 e. The Balaban J connectivity index is 1.56. The maximum absolute atomic E-state index is 12.8. The van der Waals surface area contributed by atoms with Crippen LogP contribution in [0.15, 0.2) is 67.3 Å². The van der Waals surface area contributed by atoms with Gasteiger partial charge in [0.15, 0.2) is 0 Å². The molecule has 2 aromatic rings. The summed E-state index contributed by atoms with van der Waals surface area (Å²) in [6.07, 6.45) is 2.89. The van der Waals surface area contributed by atoms with Crippen molar-refractivity contribution in [2.24, 2.45) is 0 Å². The largest absolute Gasteiger partial charge is 0.349 e. The molecule has 0 spiro atoms. The summed E-state index contributed by atoms with van der Waals surface area (Å²) in [6.45, 7) is 4.13. The third-order valence-electron chi connectivity index (χ3n) is 5.10. The average Bonchev–Trinajstić information content (AvgIpc) is 2.75. The zero-order valence-electron chi connectivity index (χ0n) is 17.3. The van der Waals surface area contributed by atoms with Gasteiger partial charge in [0, 0.05) is 24.8 Å². The molecular weight excluding hydrogens is 414 g/mol. The highest BCUT2D eigenvalue weighted by atomic mass is 32.2. The van der Waals surface area contributed by atoms with Gasteiger partial charge in [0.1, 0.15) is 0 Å². The van der Waals surface area contributed by atoms with Crippen molar-refractivity contribution in [2.45, 2.75) is 31.1 Å². The van der Waals surface area contributed by atoms with Gasteiger partial charge in [0.05, 0.1) is 12.2 Å². The van der Waals surface area contributed by atoms with E-state index in [4.69, 9.17) is 0 Å². The second kappa shape index (κ2) is 10.4. The number of rotatable bonds is 8. The zero-order valence-corrected chi connectivity index (χ0v) is 18.1. The molecule has 0 aliphatic carbocycles. The molecule has 2 N–H and O–H groups in total. The van der Waals surface area contributed by atoms with Crippen LogP contribution < -0.4 is 10.6 Å². The fourth-order valence-electron chi connectivity index (χ4n) is 3.55. The number of amides is 2. The van der Waals surface area contributed by atoms with Gasteiger partial charge in [-0.05, 0) is 42.2 Å². The number of piperidine rings is 1. The Hall–Kier alpha value is -2.97. The SMILES string of the molecule is C=CC(=O)N[C@H]1CCCN(S(=O)(=O)Cc2ccc(NC(=O)Cc3ccccc3)cc2)C1. The molecule has 1 fully saturated rings. The van der Waals surface area contributed by atoms with Crippen LogP contribution in [-0.2, 0) is 31.8 Å². The van der Waals surface area contributed by atoms with Crippen molar-refractivity contribution in [1.29, 1.82) is 0 Å². The summed E-state index contributed by atoms with van der Waals surface area (Å²) in [5, 5.41) is 5.60. The third kappa shape index (κ3) is 6.77. The standard InChI is InChI=1S/C23H27N3O4S/c1-2-22(27)25-21-9-6-14-26(16-21)31(29,30)17-19-10-12-20(13-11-19)24-23(28)15-18-7-4-3-5-8-18/h2-5,7-8,10-13,21H,1,6,9,14-17H2,(H,24,28)(H,25,27)/t21-/m0/s1. The number of benzene rings is 2. The van der Waals surface area contributed by atoms with Gasteiger partial charge in [0.25, 0.3) is 0 Å². The quantitative estimate of drug-likeness (QED) is 0.615. The van der Waals surface area contributed by atoms with Crippen LogP contribution in [-0.4, -0.2) is 43.7 Å². The second-order valence-electron chi connectivity index (χ2n) is 7.57. The van der Waals surface area contributed by atoms with E-state index in [1.54, 1.807) is 24.3 Å². The van der Waals surface area contributed by atoms with E-state index >= 15 is 0 Å². The van der Waals surface area contributed by atoms with Crippen molar-refractivity contribution >= 4 is 27.5 Å². The summed E-state index contributed by atoms with van der Waals surface area (Å²) in [6, 6.07) is 16.1. The number of nitrogens with one attached hydrogen (secondary N) is 2. The second-order valence-corrected chi connectivity index (χ2v) is 9.54. The van der Waals surface area contributed by atoms with Crippen molar-refractivity contribution in [3.05, 3.63) is 78.4 Å². The average molecular weight is 442 g/mol. The number of hydrogen-bond acceptors (Lipinski definition) is 4. The lowest BCUT2D eigenvalue weighted by molar-refractivity contribution is -0.117. The first kappa shape index (κ1) is 22.7. The smallest absolute Gasteiger partial charge is 0.243 e. The Morgan fingerprint density at radius 3 is 2.45 bits per heavy atom. The lowest BCUT2D eigenvalue weighted by Gasteiger charge is -2.32. The Labute approximate surface area is 183 Å². The number of hydrogen-bond donors (Lipinski definition) is 2. The van der Waals surface area contributed by atoms with Crippen molar-refractivity contribution in [3.63, 3.8) is 0 Å². The van der Waals surface area contributed by atoms with Gasteiger partial charge in [-0.1, -0.05) is 49.0 Å². The number of anilines is 1. The molecule has 0 bridgehead atoms. The predicted octanol–water partition coefficient (Wildman–Crippen LogP) is 2.46. The van der Waals surface area contributed by atoms with Crippen molar-refractivity contribution < 1.29 is 18.0 Å². The summed E-state index contributed by atoms with van der Waals surface area (Å²) >= 11 is 0. The topological polar surface area (TPSA) is 95.6 Å². The third-order valence-corrected chi connectivity index (χ3v) is 6.92. The maximum atomic E-state index is 12.8. The molecule has 3 rings (SSSR count). The number of carbonyl (C=O) groups excluding carboxylic acids is 2. The molecule has 0 unspecified atom stereocenters. The van der Waals surface area contributed by atoms with Gasteiger partial charge in [-0.25, -0.2) is 8.42 Å². The van der Waals surface area contributed by atoms with Crippen LogP contribution in [0.25, 0.3) is 0 Å². The van der Waals surface area contributed by atoms with Gasteiger partial charge in [0.2, 0.25) is 21.8 Å². The van der Waals surface area contributed by atoms with Crippen LogP contribution in [0.5, 0.6) is 0 Å². The lowest BCUT2D eigenvalue weighted by Crippen LogP contribution is -2.49. The van der Waals surface area contributed by atoms with E-state index < -0.39 is 10.0 Å². The highest BCUT2D eigenvalue weighted by Gasteiger charge is 2.29. The molecule has 7 nitrogen and oxygen atoms in total. The first-order valence-corrected chi connectivity index (χ1v) is 11.8. The molecule has 0 aromatic heterocycles. The molecule has 1 atom stereocenters. The minimum absolute atomic E-state index is 0.132. The molecule has 0 saturated carbocycles. The van der Waals surface area contributed by atoms with Crippen LogP contribution in [0.3, 0.4) is 0 Å². The zero-order chi connectivity index (χ0) is 22.3. The van der Waals surface area contributed by atoms with E-state index in [1.165, 1.54) is 10.4 Å². The normalized spacial score (nSPS) is 17.0. The fraction of sp³-hybridized carbons (Fsp3) is 0.304. The highest BCUT2D eigenvalue weighted by Crippen LogP contribution is 2.19. The van der Waals surface area contributed by atoms with Crippen LogP contribution in [0.1, 0.15) is 24.0 Å². The van der Waals surface area contributed by atoms with Gasteiger partial charge < -0.3 is 10.6 Å². The molecule has 1 saturated heterocycles. The van der Waals surface area contributed by atoms with Crippen LogP contribution >= 0.6 is 0 Å². The molecule has 1 heterocycles. The monoisotopic (exact) mass is 441 g/mol. The van der Waals surface area contributed by atoms with Gasteiger partial charge in [-0.3, -0.25) is 9.59 Å². The van der Waals surface area contributed by atoms with Crippen LogP contribution in [0.2, 0.25) is 0 Å². The Kier molecular flexibility index (Phi) is 7.59. The molecule has 31 heavy (non-hydrogen) atoms. The first-order valence-electron chi connectivity index (χ1n) is 10.2. The summed E-state index contributed by atoms with van der Waals surface area (Å²) < 4.78 is 27.1. The van der Waals surface area contributed by atoms with Crippen LogP contribution in [0, 0.1) is 0 Å². The van der Waals surface area contributed by atoms with E-state index in [9.17, 15) is 18.0 Å². The molecule has 1 aliphatic rings. The molecular formula is C23H27N3O4S. The van der Waals surface area contributed by atoms with Gasteiger partial charge >= 0.3 is 0 Å². The van der Waals surface area contributed by atoms with E-state index in [2.05, 4.69) is 17.2 Å². The predicted molar refractivity (Wildman–Crippen MR) is 121 cm³/mol.